The van der Waals surface area contributed by atoms with Crippen LogP contribution in [0.1, 0.15) is 57.6 Å². The van der Waals surface area contributed by atoms with Crippen LogP contribution in [0.15, 0.2) is 36.4 Å². The van der Waals surface area contributed by atoms with E-state index in [4.69, 9.17) is 14.2 Å². The molecule has 2 aromatic rings. The minimum atomic E-state index is -0.877. The van der Waals surface area contributed by atoms with Crippen LogP contribution in [0.4, 0.5) is 4.79 Å². The van der Waals surface area contributed by atoms with E-state index in [2.05, 4.69) is 29.6 Å². The van der Waals surface area contributed by atoms with Crippen LogP contribution < -0.4 is 10.1 Å². The Morgan fingerprint density at radius 2 is 1.85 bits per heavy atom. The van der Waals surface area contributed by atoms with Gasteiger partial charge < -0.3 is 29.2 Å². The summed E-state index contributed by atoms with van der Waals surface area (Å²) in [6.07, 6.45) is 7.52. The molecule has 1 saturated heterocycles. The van der Waals surface area contributed by atoms with Gasteiger partial charge in [0.05, 0.1) is 26.3 Å². The molecule has 5 bridgehead atoms. The Bertz CT molecular complexity index is 1320. The van der Waals surface area contributed by atoms with Crippen molar-refractivity contribution < 1.29 is 28.6 Å². The van der Waals surface area contributed by atoms with E-state index >= 15 is 0 Å². The molecular formula is C31H38N2O6. The van der Waals surface area contributed by atoms with Crippen molar-refractivity contribution in [2.45, 2.75) is 64.1 Å². The number of nitrogens with zero attached hydrogens (tertiary/aromatic N) is 1. The third-order valence-corrected chi connectivity index (χ3v) is 8.63. The van der Waals surface area contributed by atoms with E-state index in [9.17, 15) is 14.4 Å². The first-order valence-electron chi connectivity index (χ1n) is 13.6. The van der Waals surface area contributed by atoms with E-state index in [1.165, 1.54) is 0 Å². The van der Waals surface area contributed by atoms with Gasteiger partial charge in [-0.2, -0.15) is 0 Å². The first-order valence-corrected chi connectivity index (χ1v) is 13.6. The molecule has 208 valence electrons. The lowest BCUT2D eigenvalue weighted by Crippen LogP contribution is -2.56. The zero-order valence-corrected chi connectivity index (χ0v) is 23.4. The number of carbonyl (C=O) groups excluding carboxylic acids is 3. The fraction of sp³-hybridized carbons (Fsp3) is 0.516. The molecule has 1 aliphatic carbocycles. The number of hydrogen-bond acceptors (Lipinski definition) is 6. The van der Waals surface area contributed by atoms with Crippen molar-refractivity contribution in [3.8, 4) is 5.75 Å². The van der Waals surface area contributed by atoms with Crippen molar-refractivity contribution >= 4 is 35.1 Å². The number of aldehydes is 1. The monoisotopic (exact) mass is 534 g/mol. The van der Waals surface area contributed by atoms with Gasteiger partial charge in [-0.1, -0.05) is 45.1 Å². The fourth-order valence-electron chi connectivity index (χ4n) is 5.88. The zero-order valence-electron chi connectivity index (χ0n) is 23.4. The van der Waals surface area contributed by atoms with Crippen molar-refractivity contribution in [2.24, 2.45) is 10.8 Å². The highest BCUT2D eigenvalue weighted by Crippen LogP contribution is 2.51. The molecule has 0 aromatic heterocycles. The van der Waals surface area contributed by atoms with Gasteiger partial charge in [-0.15, -0.1) is 0 Å². The summed E-state index contributed by atoms with van der Waals surface area (Å²) >= 11 is 0. The van der Waals surface area contributed by atoms with Crippen molar-refractivity contribution in [1.29, 1.82) is 0 Å². The largest absolute Gasteiger partial charge is 0.496 e. The van der Waals surface area contributed by atoms with E-state index in [1.807, 2.05) is 39.0 Å². The Labute approximate surface area is 229 Å². The van der Waals surface area contributed by atoms with Gasteiger partial charge in [0.1, 0.15) is 23.7 Å². The Hall–Kier alpha value is -3.39. The standard InChI is InChI=1S/C31H38N2O6/c1-29(2,3)26-27(35)33-19-31(38-5,17-24(33)18-34)23-7-6-20-16-25(37-4)21(14-22(20)15-23)8-9-30(10-11-30)12-13-39-28(36)32-26/h6-9,14-16,18,24,26H,10-13,17,19H2,1-5H3,(H,32,36)/b9-8-/t24-,26+,31-/m0/s1. The van der Waals surface area contributed by atoms with Gasteiger partial charge in [0, 0.05) is 19.1 Å². The van der Waals surface area contributed by atoms with Crippen LogP contribution >= 0.6 is 0 Å². The average Bonchev–Trinajstić information content (AvgIpc) is 3.57. The third kappa shape index (κ3) is 5.14. The molecule has 3 aliphatic rings. The molecule has 39 heavy (non-hydrogen) atoms. The smallest absolute Gasteiger partial charge is 0.407 e. The van der Waals surface area contributed by atoms with Crippen molar-refractivity contribution in [3.05, 3.63) is 47.5 Å². The number of ether oxygens (including phenoxy) is 3. The predicted octanol–water partition coefficient (Wildman–Crippen LogP) is 4.83. The number of fused-ring (bicyclic) bond motifs is 5. The first kappa shape index (κ1) is 27.2. The Balaban J connectivity index is 1.63. The van der Waals surface area contributed by atoms with Crippen LogP contribution in [0.5, 0.6) is 5.75 Å². The number of alkyl carbamates (subject to hydrolysis) is 1. The van der Waals surface area contributed by atoms with E-state index in [-0.39, 0.29) is 24.5 Å². The summed E-state index contributed by atoms with van der Waals surface area (Å²) in [5.41, 5.74) is 0.342. The Morgan fingerprint density at radius 3 is 2.49 bits per heavy atom. The Morgan fingerprint density at radius 1 is 1.08 bits per heavy atom. The minimum Gasteiger partial charge on any atom is -0.496 e. The van der Waals surface area contributed by atoms with Crippen LogP contribution in [-0.2, 0) is 24.7 Å². The molecule has 2 fully saturated rings. The topological polar surface area (TPSA) is 94.2 Å². The molecule has 3 atom stereocenters. The molecule has 2 aromatic carbocycles. The summed E-state index contributed by atoms with van der Waals surface area (Å²) in [5.74, 6) is 0.451. The predicted molar refractivity (Wildman–Crippen MR) is 148 cm³/mol. The summed E-state index contributed by atoms with van der Waals surface area (Å²) in [6, 6.07) is 8.66. The van der Waals surface area contributed by atoms with E-state index in [0.717, 1.165) is 46.8 Å². The van der Waals surface area contributed by atoms with Crippen LogP contribution in [0.25, 0.3) is 16.8 Å². The van der Waals surface area contributed by atoms with Gasteiger partial charge in [0.15, 0.2) is 0 Å². The van der Waals surface area contributed by atoms with Gasteiger partial charge in [-0.3, -0.25) is 4.79 Å². The number of amides is 2. The molecule has 8 heteroatoms. The second kappa shape index (κ2) is 9.97. The molecule has 2 heterocycles. The summed E-state index contributed by atoms with van der Waals surface area (Å²) in [4.78, 5) is 40.6. The van der Waals surface area contributed by atoms with E-state index < -0.39 is 29.2 Å². The van der Waals surface area contributed by atoms with Gasteiger partial charge in [0.25, 0.3) is 0 Å². The summed E-state index contributed by atoms with van der Waals surface area (Å²) < 4.78 is 17.3. The maximum Gasteiger partial charge on any atom is 0.407 e. The first-order chi connectivity index (χ1) is 18.5. The number of benzene rings is 2. The molecule has 1 N–H and O–H groups in total. The summed E-state index contributed by atoms with van der Waals surface area (Å²) in [7, 11) is 3.28. The normalized spacial score (nSPS) is 27.7. The van der Waals surface area contributed by atoms with Gasteiger partial charge in [-0.25, -0.2) is 4.79 Å². The third-order valence-electron chi connectivity index (χ3n) is 8.63. The number of hydrogen-bond donors (Lipinski definition) is 1. The molecule has 2 amide bonds. The lowest BCUT2D eigenvalue weighted by Gasteiger charge is -2.35. The molecule has 1 saturated carbocycles. The second-order valence-electron chi connectivity index (χ2n) is 12.3. The van der Waals surface area contributed by atoms with Crippen molar-refractivity contribution in [2.75, 3.05) is 27.4 Å². The highest BCUT2D eigenvalue weighted by Gasteiger charge is 2.50. The van der Waals surface area contributed by atoms with E-state index in [1.54, 1.807) is 19.1 Å². The molecule has 1 spiro atoms. The van der Waals surface area contributed by atoms with Crippen molar-refractivity contribution in [1.82, 2.24) is 10.2 Å². The number of allylic oxidation sites excluding steroid dienone is 1. The number of cyclic esters (lactones) is 1. The lowest BCUT2D eigenvalue weighted by molar-refractivity contribution is -0.139. The van der Waals surface area contributed by atoms with Crippen LogP contribution in [0.3, 0.4) is 0 Å². The highest BCUT2D eigenvalue weighted by atomic mass is 16.5. The maximum absolute atomic E-state index is 13.9. The zero-order chi connectivity index (χ0) is 28.0. The Kier molecular flexibility index (Phi) is 6.95. The lowest BCUT2D eigenvalue weighted by atomic mass is 9.85. The van der Waals surface area contributed by atoms with Crippen molar-refractivity contribution in [3.63, 3.8) is 0 Å². The quantitative estimate of drug-likeness (QED) is 0.567. The number of methoxy groups -OCH3 is 2. The number of nitrogens with one attached hydrogen (secondary N) is 1. The van der Waals surface area contributed by atoms with Crippen LogP contribution in [0.2, 0.25) is 0 Å². The number of carbonyl (C=O) groups is 3. The summed E-state index contributed by atoms with van der Waals surface area (Å²) in [6.45, 7) is 6.09. The molecule has 8 nitrogen and oxygen atoms in total. The van der Waals surface area contributed by atoms with Gasteiger partial charge >= 0.3 is 6.09 Å². The molecular weight excluding hydrogens is 496 g/mol. The number of rotatable bonds is 3. The minimum absolute atomic E-state index is 0.0190. The van der Waals surface area contributed by atoms with Crippen LogP contribution in [0, 0.1) is 10.8 Å². The average molecular weight is 535 g/mol. The summed E-state index contributed by atoms with van der Waals surface area (Å²) in [5, 5.41) is 4.84. The van der Waals surface area contributed by atoms with Gasteiger partial charge in [-0.05, 0) is 64.6 Å². The molecule has 0 radical (unpaired) electrons. The second-order valence-corrected chi connectivity index (χ2v) is 12.3. The fourth-order valence-corrected chi connectivity index (χ4v) is 5.88. The molecule has 0 unspecified atom stereocenters. The molecule has 2 aliphatic heterocycles. The van der Waals surface area contributed by atoms with E-state index in [0.29, 0.717) is 12.8 Å². The van der Waals surface area contributed by atoms with Crippen LogP contribution in [-0.4, -0.2) is 62.6 Å². The SMILES string of the molecule is COc1cc2ccc3cc2cc1/C=C\C1(CCOC(=O)N[C@@H](C(C)(C)C)C(=O)N2C[C@@]3(OC)C[C@H]2C=O)CC1. The van der Waals surface area contributed by atoms with Gasteiger partial charge in [0.2, 0.25) is 5.91 Å². The molecule has 5 rings (SSSR count). The highest BCUT2D eigenvalue weighted by molar-refractivity contribution is 5.90. The maximum atomic E-state index is 13.9.